The van der Waals surface area contributed by atoms with Crippen molar-refractivity contribution >= 4 is 11.7 Å². The normalized spacial score (nSPS) is 18.3. The average molecular weight is 184 g/mol. The first-order chi connectivity index (χ1) is 6.13. The van der Waals surface area contributed by atoms with Gasteiger partial charge in [0, 0.05) is 20.0 Å². The average Bonchev–Trinajstić information content (AvgIpc) is 2.17. The van der Waals surface area contributed by atoms with E-state index in [2.05, 4.69) is 5.32 Å². The molecule has 0 unspecified atom stereocenters. The van der Waals surface area contributed by atoms with Crippen molar-refractivity contribution in [3.63, 3.8) is 0 Å². The molecule has 4 nitrogen and oxygen atoms in total. The van der Waals surface area contributed by atoms with E-state index in [0.717, 1.165) is 25.9 Å². The van der Waals surface area contributed by atoms with Gasteiger partial charge in [-0.15, -0.1) is 0 Å². The maximum Gasteiger partial charge on any atom is 0.289 e. The zero-order valence-corrected chi connectivity index (χ0v) is 8.17. The predicted molar refractivity (Wildman–Crippen MR) is 49.3 cm³/mol. The highest BCUT2D eigenvalue weighted by Crippen LogP contribution is 2.13. The van der Waals surface area contributed by atoms with Crippen molar-refractivity contribution in [3.05, 3.63) is 0 Å². The van der Waals surface area contributed by atoms with Gasteiger partial charge in [0.1, 0.15) is 0 Å². The molecule has 0 aliphatic carbocycles. The van der Waals surface area contributed by atoms with E-state index in [4.69, 9.17) is 0 Å². The molecule has 74 valence electrons. The number of hydrogen-bond donors (Lipinski definition) is 1. The number of nitrogens with one attached hydrogen (secondary N) is 1. The van der Waals surface area contributed by atoms with Crippen LogP contribution in [0.25, 0.3) is 0 Å². The van der Waals surface area contributed by atoms with E-state index in [-0.39, 0.29) is 17.6 Å². The number of ketones is 1. The molecule has 1 aliphatic rings. The van der Waals surface area contributed by atoms with Crippen molar-refractivity contribution < 1.29 is 9.59 Å². The fourth-order valence-corrected chi connectivity index (χ4v) is 1.48. The van der Waals surface area contributed by atoms with Gasteiger partial charge < -0.3 is 10.2 Å². The molecule has 1 saturated heterocycles. The van der Waals surface area contributed by atoms with Crippen molar-refractivity contribution in [3.8, 4) is 0 Å². The Balaban J connectivity index is 2.50. The number of amides is 1. The molecule has 0 aromatic carbocycles. The molecule has 13 heavy (non-hydrogen) atoms. The number of likely N-dealkylation sites (N-methyl/N-ethyl adjacent to an activating group) is 1. The molecule has 1 rings (SSSR count). The second-order valence-corrected chi connectivity index (χ2v) is 3.59. The molecule has 0 radical (unpaired) electrons. The summed E-state index contributed by atoms with van der Waals surface area (Å²) in [5.74, 6) is -0.658. The summed E-state index contributed by atoms with van der Waals surface area (Å²) in [6, 6.07) is 0. The molecule has 1 heterocycles. The summed E-state index contributed by atoms with van der Waals surface area (Å²) in [4.78, 5) is 24.2. The van der Waals surface area contributed by atoms with E-state index in [1.54, 1.807) is 14.1 Å². The molecule has 0 spiro atoms. The Kier molecular flexibility index (Phi) is 3.42. The van der Waals surface area contributed by atoms with Crippen LogP contribution in [0, 0.1) is 5.92 Å². The number of hydrogen-bond acceptors (Lipinski definition) is 3. The second kappa shape index (κ2) is 4.37. The van der Waals surface area contributed by atoms with Crippen molar-refractivity contribution in [2.45, 2.75) is 12.8 Å². The van der Waals surface area contributed by atoms with Gasteiger partial charge in [-0.25, -0.2) is 0 Å². The number of piperidine rings is 1. The van der Waals surface area contributed by atoms with Crippen molar-refractivity contribution in [2.24, 2.45) is 5.92 Å². The van der Waals surface area contributed by atoms with Gasteiger partial charge >= 0.3 is 0 Å². The Morgan fingerprint density at radius 2 is 1.77 bits per heavy atom. The minimum Gasteiger partial charge on any atom is -0.342 e. The fourth-order valence-electron chi connectivity index (χ4n) is 1.48. The first-order valence-electron chi connectivity index (χ1n) is 4.59. The smallest absolute Gasteiger partial charge is 0.289 e. The van der Waals surface area contributed by atoms with Crippen molar-refractivity contribution in [1.29, 1.82) is 0 Å². The van der Waals surface area contributed by atoms with Gasteiger partial charge in [-0.3, -0.25) is 9.59 Å². The van der Waals surface area contributed by atoms with E-state index >= 15 is 0 Å². The summed E-state index contributed by atoms with van der Waals surface area (Å²) < 4.78 is 0. The second-order valence-electron chi connectivity index (χ2n) is 3.59. The maximum absolute atomic E-state index is 11.5. The molecule has 0 atom stereocenters. The Morgan fingerprint density at radius 1 is 1.23 bits per heavy atom. The molecule has 1 amide bonds. The first-order valence-corrected chi connectivity index (χ1v) is 4.59. The number of carbonyl (C=O) groups excluding carboxylic acids is 2. The molecule has 1 N–H and O–H groups in total. The summed E-state index contributed by atoms with van der Waals surface area (Å²) in [6.45, 7) is 1.69. The van der Waals surface area contributed by atoms with Gasteiger partial charge in [-0.05, 0) is 25.9 Å². The lowest BCUT2D eigenvalue weighted by Crippen LogP contribution is -2.39. The van der Waals surface area contributed by atoms with Crippen molar-refractivity contribution in [2.75, 3.05) is 27.2 Å². The van der Waals surface area contributed by atoms with Crippen LogP contribution >= 0.6 is 0 Å². The lowest BCUT2D eigenvalue weighted by Gasteiger charge is -2.21. The van der Waals surface area contributed by atoms with Gasteiger partial charge in [0.25, 0.3) is 5.91 Å². The monoisotopic (exact) mass is 184 g/mol. The number of carbonyl (C=O) groups is 2. The first kappa shape index (κ1) is 10.2. The zero-order chi connectivity index (χ0) is 9.84. The SMILES string of the molecule is CN(C)C(=O)C(=O)C1CCNCC1. The Bertz CT molecular complexity index is 208. The van der Waals surface area contributed by atoms with Crippen LogP contribution in [0.4, 0.5) is 0 Å². The fraction of sp³-hybridized carbons (Fsp3) is 0.778. The van der Waals surface area contributed by atoms with E-state index in [9.17, 15) is 9.59 Å². The van der Waals surface area contributed by atoms with Crippen LogP contribution in [0.15, 0.2) is 0 Å². The number of Topliss-reactive ketones (excluding diaryl/α,β-unsaturated/α-hetero) is 1. The minimum absolute atomic E-state index is 0.0591. The molecular weight excluding hydrogens is 168 g/mol. The number of rotatable bonds is 2. The molecule has 1 fully saturated rings. The molecule has 0 aromatic heterocycles. The maximum atomic E-state index is 11.5. The van der Waals surface area contributed by atoms with Gasteiger partial charge in [0.2, 0.25) is 5.78 Å². The van der Waals surface area contributed by atoms with Crippen LogP contribution in [0.2, 0.25) is 0 Å². The zero-order valence-electron chi connectivity index (χ0n) is 8.17. The highest BCUT2D eigenvalue weighted by Gasteiger charge is 2.27. The Morgan fingerprint density at radius 3 is 2.23 bits per heavy atom. The molecule has 4 heteroatoms. The lowest BCUT2D eigenvalue weighted by atomic mass is 9.93. The topological polar surface area (TPSA) is 49.4 Å². The Labute approximate surface area is 78.3 Å². The van der Waals surface area contributed by atoms with E-state index < -0.39 is 0 Å². The third-order valence-corrected chi connectivity index (χ3v) is 2.33. The highest BCUT2D eigenvalue weighted by molar-refractivity contribution is 6.36. The summed E-state index contributed by atoms with van der Waals surface area (Å²) >= 11 is 0. The van der Waals surface area contributed by atoms with Crippen LogP contribution in [0.5, 0.6) is 0 Å². The van der Waals surface area contributed by atoms with Gasteiger partial charge in [-0.1, -0.05) is 0 Å². The summed E-state index contributed by atoms with van der Waals surface area (Å²) in [7, 11) is 3.22. The number of nitrogens with zero attached hydrogens (tertiary/aromatic N) is 1. The van der Waals surface area contributed by atoms with Crippen LogP contribution in [0.1, 0.15) is 12.8 Å². The third-order valence-electron chi connectivity index (χ3n) is 2.33. The van der Waals surface area contributed by atoms with E-state index in [1.807, 2.05) is 0 Å². The van der Waals surface area contributed by atoms with E-state index in [1.165, 1.54) is 4.90 Å². The highest BCUT2D eigenvalue weighted by atomic mass is 16.2. The molecule has 0 bridgehead atoms. The van der Waals surface area contributed by atoms with Gasteiger partial charge in [-0.2, -0.15) is 0 Å². The standard InChI is InChI=1S/C9H16N2O2/c1-11(2)9(13)8(12)7-3-5-10-6-4-7/h7,10H,3-6H2,1-2H3. The quantitative estimate of drug-likeness (QED) is 0.596. The molecule has 1 aliphatic heterocycles. The van der Waals surface area contributed by atoms with Crippen LogP contribution < -0.4 is 5.32 Å². The molecule has 0 saturated carbocycles. The van der Waals surface area contributed by atoms with Gasteiger partial charge in [0.05, 0.1) is 0 Å². The largest absolute Gasteiger partial charge is 0.342 e. The van der Waals surface area contributed by atoms with E-state index in [0.29, 0.717) is 0 Å². The van der Waals surface area contributed by atoms with Crippen LogP contribution in [-0.4, -0.2) is 43.8 Å². The molecular formula is C9H16N2O2. The summed E-state index contributed by atoms with van der Waals surface area (Å²) in [5, 5.41) is 3.16. The van der Waals surface area contributed by atoms with Crippen molar-refractivity contribution in [1.82, 2.24) is 10.2 Å². The third kappa shape index (κ3) is 2.52. The Hall–Kier alpha value is -0.900. The van der Waals surface area contributed by atoms with Gasteiger partial charge in [0.15, 0.2) is 0 Å². The summed E-state index contributed by atoms with van der Waals surface area (Å²) in [6.07, 6.45) is 1.58. The van der Waals surface area contributed by atoms with Crippen LogP contribution in [0.3, 0.4) is 0 Å². The molecule has 0 aromatic rings. The lowest BCUT2D eigenvalue weighted by molar-refractivity contribution is -0.145. The predicted octanol–water partition coefficient (Wildman–Crippen LogP) is -0.357. The minimum atomic E-state index is -0.369. The van der Waals surface area contributed by atoms with Crippen LogP contribution in [-0.2, 0) is 9.59 Å². The summed E-state index contributed by atoms with van der Waals surface area (Å²) in [5.41, 5.74) is 0.